The van der Waals surface area contributed by atoms with Crippen LogP contribution in [-0.2, 0) is 17.8 Å². The van der Waals surface area contributed by atoms with Crippen LogP contribution >= 0.6 is 0 Å². The zero-order valence-corrected chi connectivity index (χ0v) is 8.23. The monoisotopic (exact) mass is 194 g/mol. The molecule has 1 aliphatic heterocycles. The SMILES string of the molecule is Cc1cnc2n1CC(CC(=O)O)CC2. The number of nitrogens with zero attached hydrogens (tertiary/aromatic N) is 2. The molecule has 4 heteroatoms. The van der Waals surface area contributed by atoms with E-state index in [1.54, 1.807) is 0 Å². The lowest BCUT2D eigenvalue weighted by molar-refractivity contribution is -0.138. The van der Waals surface area contributed by atoms with Crippen molar-refractivity contribution in [2.75, 3.05) is 0 Å². The highest BCUT2D eigenvalue weighted by molar-refractivity contribution is 5.67. The van der Waals surface area contributed by atoms with Gasteiger partial charge in [-0.3, -0.25) is 4.79 Å². The van der Waals surface area contributed by atoms with Crippen LogP contribution in [0.4, 0.5) is 0 Å². The molecule has 0 spiro atoms. The van der Waals surface area contributed by atoms with Crippen molar-refractivity contribution in [2.24, 2.45) is 5.92 Å². The number of imidazole rings is 1. The Balaban J connectivity index is 2.12. The maximum Gasteiger partial charge on any atom is 0.303 e. The first-order valence-electron chi connectivity index (χ1n) is 4.89. The lowest BCUT2D eigenvalue weighted by Gasteiger charge is -2.23. The van der Waals surface area contributed by atoms with Gasteiger partial charge in [0.25, 0.3) is 0 Å². The fraction of sp³-hybridized carbons (Fsp3) is 0.600. The topological polar surface area (TPSA) is 55.1 Å². The van der Waals surface area contributed by atoms with Gasteiger partial charge in [-0.05, 0) is 19.3 Å². The molecule has 0 aromatic carbocycles. The first kappa shape index (κ1) is 9.24. The summed E-state index contributed by atoms with van der Waals surface area (Å²) in [7, 11) is 0. The Morgan fingerprint density at radius 2 is 2.57 bits per heavy atom. The molecule has 0 saturated carbocycles. The number of fused-ring (bicyclic) bond motifs is 1. The number of hydrogen-bond donors (Lipinski definition) is 1. The third-order valence-electron chi connectivity index (χ3n) is 2.82. The summed E-state index contributed by atoms with van der Waals surface area (Å²) in [5, 5.41) is 8.71. The molecule has 1 atom stereocenters. The van der Waals surface area contributed by atoms with Crippen molar-refractivity contribution in [3.63, 3.8) is 0 Å². The van der Waals surface area contributed by atoms with Crippen LogP contribution in [0.1, 0.15) is 24.4 Å². The normalized spacial score (nSPS) is 20.5. The number of aromatic nitrogens is 2. The van der Waals surface area contributed by atoms with Gasteiger partial charge in [-0.2, -0.15) is 0 Å². The van der Waals surface area contributed by atoms with Gasteiger partial charge in [-0.1, -0.05) is 0 Å². The van der Waals surface area contributed by atoms with E-state index in [2.05, 4.69) is 9.55 Å². The van der Waals surface area contributed by atoms with E-state index in [1.807, 2.05) is 13.1 Å². The Labute approximate surface area is 82.6 Å². The molecule has 4 nitrogen and oxygen atoms in total. The number of hydrogen-bond acceptors (Lipinski definition) is 2. The Morgan fingerprint density at radius 1 is 1.79 bits per heavy atom. The van der Waals surface area contributed by atoms with E-state index in [9.17, 15) is 4.79 Å². The van der Waals surface area contributed by atoms with E-state index in [1.165, 1.54) is 0 Å². The highest BCUT2D eigenvalue weighted by Crippen LogP contribution is 2.23. The summed E-state index contributed by atoms with van der Waals surface area (Å²) in [4.78, 5) is 14.9. The van der Waals surface area contributed by atoms with E-state index in [0.29, 0.717) is 0 Å². The zero-order chi connectivity index (χ0) is 10.1. The van der Waals surface area contributed by atoms with Gasteiger partial charge in [0.05, 0.1) is 0 Å². The van der Waals surface area contributed by atoms with Crippen LogP contribution in [-0.4, -0.2) is 20.6 Å². The molecule has 1 aromatic rings. The smallest absolute Gasteiger partial charge is 0.303 e. The van der Waals surface area contributed by atoms with Gasteiger partial charge >= 0.3 is 5.97 Å². The van der Waals surface area contributed by atoms with Crippen molar-refractivity contribution in [2.45, 2.75) is 32.7 Å². The second-order valence-electron chi connectivity index (χ2n) is 3.93. The minimum Gasteiger partial charge on any atom is -0.481 e. The van der Waals surface area contributed by atoms with Crippen LogP contribution < -0.4 is 0 Å². The van der Waals surface area contributed by atoms with Gasteiger partial charge in [-0.15, -0.1) is 0 Å². The highest BCUT2D eigenvalue weighted by atomic mass is 16.4. The summed E-state index contributed by atoms with van der Waals surface area (Å²) in [5.74, 6) is 0.674. The van der Waals surface area contributed by atoms with Crippen molar-refractivity contribution in [3.8, 4) is 0 Å². The minimum atomic E-state index is -0.698. The van der Waals surface area contributed by atoms with Gasteiger partial charge in [0.1, 0.15) is 5.82 Å². The predicted molar refractivity (Wildman–Crippen MR) is 51.0 cm³/mol. The molecule has 2 rings (SSSR count). The zero-order valence-electron chi connectivity index (χ0n) is 8.23. The molecule has 76 valence electrons. The second-order valence-corrected chi connectivity index (χ2v) is 3.93. The third-order valence-corrected chi connectivity index (χ3v) is 2.82. The molecular formula is C10H14N2O2. The number of carboxylic acids is 1. The van der Waals surface area contributed by atoms with Crippen LogP contribution in [0.5, 0.6) is 0 Å². The minimum absolute atomic E-state index is 0.271. The summed E-state index contributed by atoms with van der Waals surface area (Å²) in [5.41, 5.74) is 1.13. The van der Waals surface area contributed by atoms with Gasteiger partial charge in [0, 0.05) is 31.3 Å². The first-order valence-corrected chi connectivity index (χ1v) is 4.89. The van der Waals surface area contributed by atoms with Gasteiger partial charge in [0.15, 0.2) is 0 Å². The predicted octanol–water partition coefficient (Wildman–Crippen LogP) is 1.23. The van der Waals surface area contributed by atoms with Gasteiger partial charge < -0.3 is 9.67 Å². The Hall–Kier alpha value is -1.32. The number of carboxylic acid groups (broad SMARTS) is 1. The molecule has 0 fully saturated rings. The molecule has 0 bridgehead atoms. The van der Waals surface area contributed by atoms with Crippen LogP contribution in [0, 0.1) is 12.8 Å². The van der Waals surface area contributed by atoms with Crippen molar-refractivity contribution in [1.82, 2.24) is 9.55 Å². The lowest BCUT2D eigenvalue weighted by Crippen LogP contribution is -2.23. The van der Waals surface area contributed by atoms with Crippen molar-refractivity contribution < 1.29 is 9.90 Å². The quantitative estimate of drug-likeness (QED) is 0.770. The summed E-state index contributed by atoms with van der Waals surface area (Å²) in [6, 6.07) is 0. The maximum absolute atomic E-state index is 10.6. The summed E-state index contributed by atoms with van der Waals surface area (Å²) in [6.45, 7) is 2.83. The summed E-state index contributed by atoms with van der Waals surface area (Å²) in [6.07, 6.45) is 3.99. The molecule has 1 N–H and O–H groups in total. The highest BCUT2D eigenvalue weighted by Gasteiger charge is 2.22. The molecule has 0 radical (unpaired) electrons. The number of aliphatic carboxylic acids is 1. The van der Waals surface area contributed by atoms with Crippen LogP contribution in [0.15, 0.2) is 6.20 Å². The van der Waals surface area contributed by atoms with Crippen molar-refractivity contribution in [1.29, 1.82) is 0 Å². The molecule has 0 saturated heterocycles. The molecule has 0 amide bonds. The summed E-state index contributed by atoms with van der Waals surface area (Å²) >= 11 is 0. The molecule has 1 unspecified atom stereocenters. The molecule has 0 aliphatic carbocycles. The van der Waals surface area contributed by atoms with Crippen LogP contribution in [0.3, 0.4) is 0 Å². The molecule has 1 aromatic heterocycles. The Bertz CT molecular complexity index is 357. The Kier molecular flexibility index (Phi) is 2.27. The molecule has 2 heterocycles. The fourth-order valence-corrected chi connectivity index (χ4v) is 2.06. The second kappa shape index (κ2) is 3.44. The van der Waals surface area contributed by atoms with E-state index >= 15 is 0 Å². The largest absolute Gasteiger partial charge is 0.481 e. The van der Waals surface area contributed by atoms with E-state index in [4.69, 9.17) is 5.11 Å². The average molecular weight is 194 g/mol. The van der Waals surface area contributed by atoms with E-state index < -0.39 is 5.97 Å². The van der Waals surface area contributed by atoms with Crippen molar-refractivity contribution in [3.05, 3.63) is 17.7 Å². The molecule has 14 heavy (non-hydrogen) atoms. The summed E-state index contributed by atoms with van der Waals surface area (Å²) < 4.78 is 2.14. The van der Waals surface area contributed by atoms with Gasteiger partial charge in [0.2, 0.25) is 0 Å². The Morgan fingerprint density at radius 3 is 3.29 bits per heavy atom. The fourth-order valence-electron chi connectivity index (χ4n) is 2.06. The third kappa shape index (κ3) is 1.64. The number of rotatable bonds is 2. The van der Waals surface area contributed by atoms with Crippen LogP contribution in [0.25, 0.3) is 0 Å². The van der Waals surface area contributed by atoms with E-state index in [-0.39, 0.29) is 12.3 Å². The number of carbonyl (C=O) groups is 1. The molecule has 1 aliphatic rings. The lowest BCUT2D eigenvalue weighted by atomic mass is 9.96. The van der Waals surface area contributed by atoms with Crippen LogP contribution in [0.2, 0.25) is 0 Å². The maximum atomic E-state index is 10.6. The first-order chi connectivity index (χ1) is 6.66. The number of aryl methyl sites for hydroxylation is 2. The average Bonchev–Trinajstić information content (AvgIpc) is 2.47. The standard InChI is InChI=1S/C10H14N2O2/c1-7-5-11-9-3-2-8(4-10(13)14)6-12(7)9/h5,8H,2-4,6H2,1H3,(H,13,14). The van der Waals surface area contributed by atoms with Gasteiger partial charge in [-0.25, -0.2) is 4.98 Å². The van der Waals surface area contributed by atoms with Crippen molar-refractivity contribution >= 4 is 5.97 Å². The van der Waals surface area contributed by atoms with E-state index in [0.717, 1.165) is 30.9 Å². The molecular weight excluding hydrogens is 180 g/mol.